The zero-order valence-electron chi connectivity index (χ0n) is 13.5. The van der Waals surface area contributed by atoms with Gasteiger partial charge in [0.15, 0.2) is 0 Å². The molecule has 5 heteroatoms. The van der Waals surface area contributed by atoms with Gasteiger partial charge < -0.3 is 15.7 Å². The molecule has 2 rings (SSSR count). The van der Waals surface area contributed by atoms with E-state index >= 15 is 0 Å². The Hall–Kier alpha value is -0.650. The molecule has 2 fully saturated rings. The van der Waals surface area contributed by atoms with E-state index in [1.807, 2.05) is 13.8 Å². The number of hydrogen-bond acceptors (Lipinski definition) is 4. The minimum atomic E-state index is -0.453. The molecule has 2 unspecified atom stereocenters. The second-order valence-electron chi connectivity index (χ2n) is 6.99. The highest BCUT2D eigenvalue weighted by Crippen LogP contribution is 2.29. The van der Waals surface area contributed by atoms with Crippen LogP contribution in [0.5, 0.6) is 0 Å². The minimum Gasteiger partial charge on any atom is -0.396 e. The molecule has 3 N–H and O–H groups in total. The first-order valence-electron chi connectivity index (χ1n) is 8.40. The second-order valence-corrected chi connectivity index (χ2v) is 6.99. The first kappa shape index (κ1) is 16.7. The van der Waals surface area contributed by atoms with E-state index in [0.29, 0.717) is 18.4 Å². The van der Waals surface area contributed by atoms with Gasteiger partial charge in [-0.05, 0) is 38.5 Å². The van der Waals surface area contributed by atoms with Crippen LogP contribution in [-0.2, 0) is 4.79 Å². The normalized spacial score (nSPS) is 28.3. The zero-order valence-corrected chi connectivity index (χ0v) is 13.5. The summed E-state index contributed by atoms with van der Waals surface area (Å²) in [5.74, 6) is 0.916. The highest BCUT2D eigenvalue weighted by atomic mass is 16.3. The van der Waals surface area contributed by atoms with Crippen molar-refractivity contribution in [3.05, 3.63) is 0 Å². The van der Waals surface area contributed by atoms with Crippen LogP contribution in [0.4, 0.5) is 0 Å². The van der Waals surface area contributed by atoms with E-state index in [1.165, 1.54) is 12.8 Å². The highest BCUT2D eigenvalue weighted by Gasteiger charge is 2.35. The number of rotatable bonds is 5. The Morgan fingerprint density at radius 3 is 2.48 bits per heavy atom. The summed E-state index contributed by atoms with van der Waals surface area (Å²) in [6.45, 7) is 8.72. The van der Waals surface area contributed by atoms with E-state index < -0.39 is 5.54 Å². The molecule has 1 aliphatic heterocycles. The van der Waals surface area contributed by atoms with Gasteiger partial charge in [0.05, 0.1) is 5.54 Å². The number of carbonyl (C=O) groups is 1. The third kappa shape index (κ3) is 4.18. The van der Waals surface area contributed by atoms with Crippen molar-refractivity contribution in [1.82, 2.24) is 15.5 Å². The first-order chi connectivity index (χ1) is 10.1. The lowest BCUT2D eigenvalue weighted by Crippen LogP contribution is -2.60. The van der Waals surface area contributed by atoms with Crippen LogP contribution < -0.4 is 10.6 Å². The molecular weight excluding hydrogens is 266 g/mol. The number of nitrogens with one attached hydrogen (secondary N) is 2. The van der Waals surface area contributed by atoms with E-state index in [-0.39, 0.29) is 12.5 Å². The summed E-state index contributed by atoms with van der Waals surface area (Å²) >= 11 is 0. The Morgan fingerprint density at radius 1 is 1.24 bits per heavy atom. The molecular formula is C16H31N3O2. The van der Waals surface area contributed by atoms with Gasteiger partial charge in [-0.2, -0.15) is 0 Å². The Morgan fingerprint density at radius 2 is 1.86 bits per heavy atom. The zero-order chi connectivity index (χ0) is 15.3. The summed E-state index contributed by atoms with van der Waals surface area (Å²) in [6.07, 6.45) is 4.65. The average Bonchev–Trinajstić information content (AvgIpc) is 2.53. The van der Waals surface area contributed by atoms with Gasteiger partial charge >= 0.3 is 0 Å². The highest BCUT2D eigenvalue weighted by molar-refractivity contribution is 5.85. The molecule has 1 saturated heterocycles. The molecule has 1 amide bonds. The second kappa shape index (κ2) is 7.56. The lowest BCUT2D eigenvalue weighted by atomic mass is 9.79. The van der Waals surface area contributed by atoms with Crippen molar-refractivity contribution < 1.29 is 9.90 Å². The minimum absolute atomic E-state index is 0.117. The van der Waals surface area contributed by atoms with Crippen LogP contribution >= 0.6 is 0 Å². The molecule has 0 aromatic carbocycles. The van der Waals surface area contributed by atoms with Crippen molar-refractivity contribution in [2.24, 2.45) is 11.8 Å². The Balaban J connectivity index is 1.84. The van der Waals surface area contributed by atoms with E-state index in [2.05, 4.69) is 15.5 Å². The average molecular weight is 297 g/mol. The standard InChI is InChI=1S/C16H31N3O2/c1-16(2,19-9-7-17-8-10-19)15(21)18-11-13-5-3-4-6-14(13)12-20/h13-14,17,20H,3-12H2,1-2H3,(H,18,21). The van der Waals surface area contributed by atoms with Crippen LogP contribution in [0.3, 0.4) is 0 Å². The fourth-order valence-corrected chi connectivity index (χ4v) is 3.60. The lowest BCUT2D eigenvalue weighted by Gasteiger charge is -2.40. The van der Waals surface area contributed by atoms with E-state index in [0.717, 1.165) is 39.0 Å². The summed E-state index contributed by atoms with van der Waals surface area (Å²) < 4.78 is 0. The molecule has 0 aromatic rings. The SMILES string of the molecule is CC(C)(C(=O)NCC1CCCCC1CO)N1CCNCC1. The van der Waals surface area contributed by atoms with Crippen LogP contribution in [0.15, 0.2) is 0 Å². The van der Waals surface area contributed by atoms with Crippen molar-refractivity contribution in [1.29, 1.82) is 0 Å². The fraction of sp³-hybridized carbons (Fsp3) is 0.938. The predicted molar refractivity (Wildman–Crippen MR) is 84.1 cm³/mol. The Kier molecular flexibility index (Phi) is 6.02. The monoisotopic (exact) mass is 297 g/mol. The number of carbonyl (C=O) groups excluding carboxylic acids is 1. The lowest BCUT2D eigenvalue weighted by molar-refractivity contribution is -0.132. The van der Waals surface area contributed by atoms with Gasteiger partial charge in [-0.15, -0.1) is 0 Å². The quantitative estimate of drug-likeness (QED) is 0.695. The van der Waals surface area contributed by atoms with Crippen LogP contribution in [0.2, 0.25) is 0 Å². The predicted octanol–water partition coefficient (Wildman–Crippen LogP) is 0.585. The summed E-state index contributed by atoms with van der Waals surface area (Å²) in [7, 11) is 0. The number of aliphatic hydroxyl groups is 1. The molecule has 0 bridgehead atoms. The van der Waals surface area contributed by atoms with Gasteiger partial charge in [0.25, 0.3) is 0 Å². The number of nitrogens with zero attached hydrogens (tertiary/aromatic N) is 1. The molecule has 1 heterocycles. The van der Waals surface area contributed by atoms with E-state index in [1.54, 1.807) is 0 Å². The summed E-state index contributed by atoms with van der Waals surface area (Å²) in [5.41, 5.74) is -0.453. The van der Waals surface area contributed by atoms with Crippen molar-refractivity contribution in [2.75, 3.05) is 39.3 Å². The molecule has 0 radical (unpaired) electrons. The maximum Gasteiger partial charge on any atom is 0.239 e. The summed E-state index contributed by atoms with van der Waals surface area (Å²) in [4.78, 5) is 14.8. The summed E-state index contributed by atoms with van der Waals surface area (Å²) in [5, 5.41) is 15.9. The van der Waals surface area contributed by atoms with Gasteiger partial charge in [-0.1, -0.05) is 12.8 Å². The molecule has 0 aromatic heterocycles. The van der Waals surface area contributed by atoms with Gasteiger partial charge in [0.1, 0.15) is 0 Å². The Labute approximate surface area is 128 Å². The van der Waals surface area contributed by atoms with Crippen molar-refractivity contribution in [3.8, 4) is 0 Å². The molecule has 1 aliphatic carbocycles. The Bertz CT molecular complexity index is 340. The molecule has 1 saturated carbocycles. The van der Waals surface area contributed by atoms with Gasteiger partial charge in [0.2, 0.25) is 5.91 Å². The van der Waals surface area contributed by atoms with E-state index in [4.69, 9.17) is 0 Å². The molecule has 5 nitrogen and oxygen atoms in total. The van der Waals surface area contributed by atoms with Crippen LogP contribution in [0, 0.1) is 11.8 Å². The van der Waals surface area contributed by atoms with Gasteiger partial charge in [0, 0.05) is 39.3 Å². The molecule has 2 aliphatic rings. The molecule has 21 heavy (non-hydrogen) atoms. The number of aliphatic hydroxyl groups excluding tert-OH is 1. The van der Waals surface area contributed by atoms with Gasteiger partial charge in [-0.25, -0.2) is 0 Å². The number of piperazine rings is 1. The van der Waals surface area contributed by atoms with Crippen LogP contribution in [-0.4, -0.2) is 60.8 Å². The number of amides is 1. The molecule has 122 valence electrons. The van der Waals surface area contributed by atoms with Crippen LogP contribution in [0.25, 0.3) is 0 Å². The first-order valence-corrected chi connectivity index (χ1v) is 8.40. The smallest absolute Gasteiger partial charge is 0.239 e. The maximum absolute atomic E-state index is 12.6. The third-order valence-electron chi connectivity index (χ3n) is 5.29. The van der Waals surface area contributed by atoms with Crippen molar-refractivity contribution in [3.63, 3.8) is 0 Å². The maximum atomic E-state index is 12.6. The van der Waals surface area contributed by atoms with Crippen LogP contribution in [0.1, 0.15) is 39.5 Å². The van der Waals surface area contributed by atoms with Gasteiger partial charge in [-0.3, -0.25) is 9.69 Å². The van der Waals surface area contributed by atoms with E-state index in [9.17, 15) is 9.90 Å². The topological polar surface area (TPSA) is 64.6 Å². The number of hydrogen-bond donors (Lipinski definition) is 3. The largest absolute Gasteiger partial charge is 0.396 e. The molecule has 2 atom stereocenters. The summed E-state index contributed by atoms with van der Waals surface area (Å²) in [6, 6.07) is 0. The van der Waals surface area contributed by atoms with Crippen molar-refractivity contribution in [2.45, 2.75) is 45.1 Å². The third-order valence-corrected chi connectivity index (χ3v) is 5.29. The molecule has 0 spiro atoms. The fourth-order valence-electron chi connectivity index (χ4n) is 3.60. The van der Waals surface area contributed by atoms with Crippen molar-refractivity contribution >= 4 is 5.91 Å².